The molecule has 1 N–H and O–H groups in total. The number of hydrogen-bond donors (Lipinski definition) is 1. The maximum atomic E-state index is 10.9. The number of benzene rings is 1. The van der Waals surface area contributed by atoms with Crippen molar-refractivity contribution in [1.82, 2.24) is 4.57 Å². The maximum absolute atomic E-state index is 10.9. The summed E-state index contributed by atoms with van der Waals surface area (Å²) in [5.41, 5.74) is 0.994. The second-order valence-electron chi connectivity index (χ2n) is 2.91. The van der Waals surface area contributed by atoms with Crippen LogP contribution in [0.3, 0.4) is 0 Å². The predicted octanol–water partition coefficient (Wildman–Crippen LogP) is 1.79. The number of aromatic carboxylic acids is 1. The van der Waals surface area contributed by atoms with E-state index in [4.69, 9.17) is 5.11 Å². The Morgan fingerprint density at radius 2 is 1.67 bits per heavy atom. The Balaban J connectivity index is 0.00000112. The number of carboxylic acid groups (broad SMARTS) is 1. The molecular formula is C11H9LiNO2. The monoisotopic (exact) mass is 194 g/mol. The Bertz CT molecular complexity index is 451. The molecule has 15 heavy (non-hydrogen) atoms. The quantitative estimate of drug-likeness (QED) is 0.740. The van der Waals surface area contributed by atoms with E-state index in [0.29, 0.717) is 11.3 Å². The minimum atomic E-state index is -0.908. The molecule has 0 saturated heterocycles. The van der Waals surface area contributed by atoms with Crippen LogP contribution in [-0.2, 0) is 0 Å². The Morgan fingerprint density at radius 1 is 1.07 bits per heavy atom. The van der Waals surface area contributed by atoms with E-state index in [-0.39, 0.29) is 18.9 Å². The molecule has 0 atom stereocenters. The molecule has 4 heteroatoms. The van der Waals surface area contributed by atoms with Gasteiger partial charge < -0.3 is 9.67 Å². The third kappa shape index (κ3) is 2.33. The largest absolute Gasteiger partial charge is 0.478 e. The fraction of sp³-hybridized carbons (Fsp3) is 0. The van der Waals surface area contributed by atoms with Crippen molar-refractivity contribution in [3.8, 4) is 5.69 Å². The van der Waals surface area contributed by atoms with Crippen molar-refractivity contribution in [2.75, 3.05) is 0 Å². The van der Waals surface area contributed by atoms with Crippen molar-refractivity contribution in [3.05, 3.63) is 54.4 Å². The normalized spacial score (nSPS) is 9.33. The molecule has 0 fully saturated rings. The fourth-order valence-electron chi connectivity index (χ4n) is 1.37. The van der Waals surface area contributed by atoms with Crippen LogP contribution >= 0.6 is 0 Å². The number of carbonyl (C=O) groups is 1. The summed E-state index contributed by atoms with van der Waals surface area (Å²) in [7, 11) is 0. The first kappa shape index (κ1) is 11.6. The maximum Gasteiger partial charge on any atom is 0.337 e. The SMILES string of the molecule is O=C(O)c1ccccc1-n1cccc1.[Li]. The number of hydrogen-bond acceptors (Lipinski definition) is 1. The first-order valence-electron chi connectivity index (χ1n) is 4.25. The van der Waals surface area contributed by atoms with Crippen LogP contribution in [0, 0.1) is 0 Å². The fourth-order valence-corrected chi connectivity index (χ4v) is 1.37. The number of carboxylic acids is 1. The number of rotatable bonds is 2. The van der Waals surface area contributed by atoms with Gasteiger partial charge in [0.15, 0.2) is 0 Å². The molecule has 0 spiro atoms. The van der Waals surface area contributed by atoms with Crippen molar-refractivity contribution in [3.63, 3.8) is 0 Å². The average Bonchev–Trinajstić information content (AvgIpc) is 2.70. The second-order valence-corrected chi connectivity index (χ2v) is 2.91. The molecule has 0 aliphatic rings. The van der Waals surface area contributed by atoms with Crippen LogP contribution in [0.5, 0.6) is 0 Å². The van der Waals surface area contributed by atoms with E-state index in [1.54, 1.807) is 22.8 Å². The van der Waals surface area contributed by atoms with Crippen LogP contribution < -0.4 is 0 Å². The van der Waals surface area contributed by atoms with E-state index in [2.05, 4.69) is 0 Å². The van der Waals surface area contributed by atoms with Gasteiger partial charge in [-0.05, 0) is 24.3 Å². The number of aromatic nitrogens is 1. The third-order valence-corrected chi connectivity index (χ3v) is 2.02. The molecule has 71 valence electrons. The molecule has 1 radical (unpaired) electrons. The van der Waals surface area contributed by atoms with Crippen molar-refractivity contribution in [1.29, 1.82) is 0 Å². The van der Waals surface area contributed by atoms with Gasteiger partial charge in [-0.2, -0.15) is 0 Å². The Kier molecular flexibility index (Phi) is 3.79. The average molecular weight is 194 g/mol. The topological polar surface area (TPSA) is 42.2 Å². The van der Waals surface area contributed by atoms with Gasteiger partial charge in [-0.1, -0.05) is 12.1 Å². The van der Waals surface area contributed by atoms with Gasteiger partial charge in [-0.3, -0.25) is 0 Å². The molecule has 0 amide bonds. The van der Waals surface area contributed by atoms with E-state index in [9.17, 15) is 4.79 Å². The summed E-state index contributed by atoms with van der Waals surface area (Å²) in [6, 6.07) is 10.6. The zero-order valence-electron chi connectivity index (χ0n) is 8.42. The van der Waals surface area contributed by atoms with Crippen LogP contribution in [0.4, 0.5) is 0 Å². The van der Waals surface area contributed by atoms with Crippen LogP contribution in [0.15, 0.2) is 48.8 Å². The molecule has 0 unspecified atom stereocenters. The van der Waals surface area contributed by atoms with Gasteiger partial charge in [0.25, 0.3) is 0 Å². The molecule has 0 saturated carbocycles. The summed E-state index contributed by atoms with van der Waals surface area (Å²) >= 11 is 0. The van der Waals surface area contributed by atoms with E-state index < -0.39 is 5.97 Å². The van der Waals surface area contributed by atoms with E-state index >= 15 is 0 Å². The third-order valence-electron chi connectivity index (χ3n) is 2.02. The van der Waals surface area contributed by atoms with Crippen LogP contribution in [-0.4, -0.2) is 34.5 Å². The Hall–Kier alpha value is -1.43. The minimum absolute atomic E-state index is 0. The second kappa shape index (κ2) is 4.88. The van der Waals surface area contributed by atoms with E-state index in [1.807, 2.05) is 30.6 Å². The molecule has 2 aromatic rings. The van der Waals surface area contributed by atoms with Gasteiger partial charge in [-0.15, -0.1) is 0 Å². The Labute approximate surface area is 99.5 Å². The van der Waals surface area contributed by atoms with Crippen LogP contribution in [0.25, 0.3) is 5.69 Å². The summed E-state index contributed by atoms with van der Waals surface area (Å²) < 4.78 is 1.78. The zero-order valence-corrected chi connectivity index (χ0v) is 8.42. The Morgan fingerprint density at radius 3 is 2.27 bits per heavy atom. The van der Waals surface area contributed by atoms with Gasteiger partial charge >= 0.3 is 5.97 Å². The molecule has 2 rings (SSSR count). The van der Waals surface area contributed by atoms with Gasteiger partial charge in [0.1, 0.15) is 0 Å². The smallest absolute Gasteiger partial charge is 0.337 e. The van der Waals surface area contributed by atoms with Gasteiger partial charge in [0.05, 0.1) is 11.3 Å². The van der Waals surface area contributed by atoms with Crippen molar-refractivity contribution < 1.29 is 9.90 Å². The van der Waals surface area contributed by atoms with Crippen LogP contribution in [0.2, 0.25) is 0 Å². The molecule has 1 aromatic heterocycles. The molecule has 3 nitrogen and oxygen atoms in total. The summed E-state index contributed by atoms with van der Waals surface area (Å²) in [6.07, 6.45) is 3.64. The molecular weight excluding hydrogens is 185 g/mol. The van der Waals surface area contributed by atoms with Crippen LogP contribution in [0.1, 0.15) is 10.4 Å². The summed E-state index contributed by atoms with van der Waals surface area (Å²) in [6.45, 7) is 0. The first-order valence-corrected chi connectivity index (χ1v) is 4.25. The zero-order chi connectivity index (χ0) is 9.97. The van der Waals surface area contributed by atoms with Gasteiger partial charge in [-0.25, -0.2) is 4.79 Å². The molecule has 1 aromatic carbocycles. The predicted molar refractivity (Wildman–Crippen MR) is 58.5 cm³/mol. The van der Waals surface area contributed by atoms with Gasteiger partial charge in [0.2, 0.25) is 0 Å². The van der Waals surface area contributed by atoms with Crippen molar-refractivity contribution >= 4 is 24.8 Å². The molecule has 0 aliphatic heterocycles. The summed E-state index contributed by atoms with van der Waals surface area (Å²) in [5.74, 6) is -0.908. The summed E-state index contributed by atoms with van der Waals surface area (Å²) in [4.78, 5) is 10.9. The molecule has 0 bridgehead atoms. The van der Waals surface area contributed by atoms with E-state index in [0.717, 1.165) is 0 Å². The van der Waals surface area contributed by atoms with Crippen molar-refractivity contribution in [2.24, 2.45) is 0 Å². The minimum Gasteiger partial charge on any atom is -0.478 e. The number of nitrogens with zero attached hydrogens (tertiary/aromatic N) is 1. The van der Waals surface area contributed by atoms with Crippen molar-refractivity contribution in [2.45, 2.75) is 0 Å². The van der Waals surface area contributed by atoms with Gasteiger partial charge in [0, 0.05) is 31.3 Å². The molecule has 1 heterocycles. The molecule has 0 aliphatic carbocycles. The standard InChI is InChI=1S/C11H9NO2.Li/c13-11(14)9-5-1-2-6-10(9)12-7-3-4-8-12;/h1-8H,(H,13,14);. The first-order chi connectivity index (χ1) is 6.79. The number of para-hydroxylation sites is 1. The van der Waals surface area contributed by atoms with E-state index in [1.165, 1.54) is 0 Å². The summed E-state index contributed by atoms with van der Waals surface area (Å²) in [5, 5.41) is 8.95.